The zero-order chi connectivity index (χ0) is 19.2. The summed E-state index contributed by atoms with van der Waals surface area (Å²) in [4.78, 5) is 35.4. The Morgan fingerprint density at radius 2 is 2.00 bits per heavy atom. The first-order valence-corrected chi connectivity index (χ1v) is 8.54. The summed E-state index contributed by atoms with van der Waals surface area (Å²) < 4.78 is 10.2. The minimum Gasteiger partial charge on any atom is -0.497 e. The van der Waals surface area contributed by atoms with Gasteiger partial charge in [0, 0.05) is 18.7 Å². The number of carbonyl (C=O) groups excluding carboxylic acids is 3. The van der Waals surface area contributed by atoms with Gasteiger partial charge in [-0.15, -0.1) is 0 Å². The molecule has 0 unspecified atom stereocenters. The van der Waals surface area contributed by atoms with Crippen LogP contribution in [-0.2, 0) is 27.3 Å². The molecule has 0 saturated carbocycles. The molecule has 0 aliphatic carbocycles. The quantitative estimate of drug-likeness (QED) is 0.761. The van der Waals surface area contributed by atoms with Crippen molar-refractivity contribution in [3.63, 3.8) is 0 Å². The van der Waals surface area contributed by atoms with Crippen LogP contribution >= 0.6 is 0 Å². The molecule has 2 amide bonds. The Morgan fingerprint density at radius 3 is 2.81 bits per heavy atom. The van der Waals surface area contributed by atoms with Gasteiger partial charge < -0.3 is 20.1 Å². The molecule has 0 bridgehead atoms. The number of hydrogen-bond acceptors (Lipinski definition) is 5. The van der Waals surface area contributed by atoms with Crippen molar-refractivity contribution in [1.29, 1.82) is 0 Å². The van der Waals surface area contributed by atoms with Gasteiger partial charge in [-0.3, -0.25) is 9.59 Å². The summed E-state index contributed by atoms with van der Waals surface area (Å²) in [6.07, 6.45) is 0.960. The fourth-order valence-electron chi connectivity index (χ4n) is 2.76. The highest BCUT2D eigenvalue weighted by Crippen LogP contribution is 2.23. The van der Waals surface area contributed by atoms with Crippen LogP contribution in [0, 0.1) is 0 Å². The van der Waals surface area contributed by atoms with E-state index >= 15 is 0 Å². The predicted molar refractivity (Wildman–Crippen MR) is 98.5 cm³/mol. The molecule has 0 saturated heterocycles. The maximum Gasteiger partial charge on any atom is 0.338 e. The van der Waals surface area contributed by atoms with Crippen LogP contribution in [0.1, 0.15) is 27.9 Å². The maximum atomic E-state index is 12.2. The number of ether oxygens (including phenoxy) is 2. The van der Waals surface area contributed by atoms with Gasteiger partial charge in [0.1, 0.15) is 5.75 Å². The van der Waals surface area contributed by atoms with Gasteiger partial charge >= 0.3 is 5.97 Å². The molecule has 7 nitrogen and oxygen atoms in total. The summed E-state index contributed by atoms with van der Waals surface area (Å²) in [7, 11) is 1.58. The lowest BCUT2D eigenvalue weighted by molar-refractivity contribution is -0.124. The number of methoxy groups -OCH3 is 1. The van der Waals surface area contributed by atoms with Gasteiger partial charge in [-0.2, -0.15) is 0 Å². The number of fused-ring (bicyclic) bond motifs is 1. The summed E-state index contributed by atoms with van der Waals surface area (Å²) >= 11 is 0. The highest BCUT2D eigenvalue weighted by molar-refractivity contribution is 5.96. The molecule has 0 spiro atoms. The normalized spacial score (nSPS) is 12.6. The van der Waals surface area contributed by atoms with Crippen LogP contribution in [-0.4, -0.2) is 31.5 Å². The number of amides is 2. The number of esters is 1. The third-order valence-corrected chi connectivity index (χ3v) is 4.19. The molecular formula is C20H20N2O5. The third-order valence-electron chi connectivity index (χ3n) is 4.19. The summed E-state index contributed by atoms with van der Waals surface area (Å²) in [6.45, 7) is -0.0528. The van der Waals surface area contributed by atoms with Gasteiger partial charge in [0.15, 0.2) is 6.61 Å². The number of carbonyl (C=O) groups is 3. The Kier molecular flexibility index (Phi) is 5.71. The van der Waals surface area contributed by atoms with Crippen molar-refractivity contribution < 1.29 is 23.9 Å². The van der Waals surface area contributed by atoms with Crippen molar-refractivity contribution in [2.75, 3.05) is 19.0 Å². The highest BCUT2D eigenvalue weighted by atomic mass is 16.5. The van der Waals surface area contributed by atoms with E-state index in [-0.39, 0.29) is 12.5 Å². The standard InChI is InChI=1S/C20H20N2O5/c1-26-16-4-2-3-13(9-16)11-21-19(24)12-27-20(25)15-5-7-17-14(10-15)6-8-18(23)22-17/h2-5,7,9-10H,6,8,11-12H2,1H3,(H,21,24)(H,22,23). The van der Waals surface area contributed by atoms with E-state index in [0.29, 0.717) is 36.4 Å². The van der Waals surface area contributed by atoms with E-state index in [9.17, 15) is 14.4 Å². The third kappa shape index (κ3) is 4.84. The van der Waals surface area contributed by atoms with Crippen molar-refractivity contribution in [3.05, 3.63) is 59.2 Å². The molecule has 0 aromatic heterocycles. The lowest BCUT2D eigenvalue weighted by atomic mass is 10.0. The van der Waals surface area contributed by atoms with Crippen molar-refractivity contribution >= 4 is 23.5 Å². The van der Waals surface area contributed by atoms with E-state index in [4.69, 9.17) is 9.47 Å². The van der Waals surface area contributed by atoms with E-state index in [1.807, 2.05) is 24.3 Å². The van der Waals surface area contributed by atoms with Gasteiger partial charge in [-0.25, -0.2) is 4.79 Å². The molecule has 27 heavy (non-hydrogen) atoms. The van der Waals surface area contributed by atoms with Crippen molar-refractivity contribution in [2.24, 2.45) is 0 Å². The average molecular weight is 368 g/mol. The SMILES string of the molecule is COc1cccc(CNC(=O)COC(=O)c2ccc3c(c2)CCC(=O)N3)c1. The summed E-state index contributed by atoms with van der Waals surface area (Å²) in [5.74, 6) is -0.301. The maximum absolute atomic E-state index is 12.2. The molecule has 0 atom stereocenters. The Bertz CT molecular complexity index is 878. The second-order valence-electron chi connectivity index (χ2n) is 6.12. The topological polar surface area (TPSA) is 93.7 Å². The molecule has 7 heteroatoms. The second-order valence-corrected chi connectivity index (χ2v) is 6.12. The first-order valence-electron chi connectivity index (χ1n) is 8.54. The fraction of sp³-hybridized carbons (Fsp3) is 0.250. The van der Waals surface area contributed by atoms with Crippen molar-refractivity contribution in [3.8, 4) is 5.75 Å². The van der Waals surface area contributed by atoms with Crippen LogP contribution < -0.4 is 15.4 Å². The molecule has 2 aromatic rings. The first kappa shape index (κ1) is 18.4. The summed E-state index contributed by atoms with van der Waals surface area (Å²) in [6, 6.07) is 12.3. The number of benzene rings is 2. The minimum absolute atomic E-state index is 0.0365. The largest absolute Gasteiger partial charge is 0.497 e. The number of aryl methyl sites for hydroxylation is 1. The van der Waals surface area contributed by atoms with Crippen molar-refractivity contribution in [2.45, 2.75) is 19.4 Å². The zero-order valence-corrected chi connectivity index (χ0v) is 14.9. The van der Waals surface area contributed by atoms with E-state index in [0.717, 1.165) is 11.1 Å². The first-order chi connectivity index (χ1) is 13.0. The van der Waals surface area contributed by atoms with Crippen LogP contribution in [0.3, 0.4) is 0 Å². The van der Waals surface area contributed by atoms with Gasteiger partial charge in [0.2, 0.25) is 5.91 Å². The molecule has 2 N–H and O–H groups in total. The molecular weight excluding hydrogens is 348 g/mol. The van der Waals surface area contributed by atoms with Crippen LogP contribution in [0.15, 0.2) is 42.5 Å². The monoisotopic (exact) mass is 368 g/mol. The predicted octanol–water partition coefficient (Wildman–Crippen LogP) is 2.05. The molecule has 140 valence electrons. The average Bonchev–Trinajstić information content (AvgIpc) is 2.70. The lowest BCUT2D eigenvalue weighted by Crippen LogP contribution is -2.28. The zero-order valence-electron chi connectivity index (χ0n) is 14.9. The van der Waals surface area contributed by atoms with Crippen LogP contribution in [0.5, 0.6) is 5.75 Å². The van der Waals surface area contributed by atoms with Gasteiger partial charge in [0.05, 0.1) is 12.7 Å². The van der Waals surface area contributed by atoms with Gasteiger partial charge in [-0.05, 0) is 47.9 Å². The van der Waals surface area contributed by atoms with Crippen molar-refractivity contribution in [1.82, 2.24) is 5.32 Å². The smallest absolute Gasteiger partial charge is 0.338 e. The van der Waals surface area contributed by atoms with Crippen LogP contribution in [0.2, 0.25) is 0 Å². The lowest BCUT2D eigenvalue weighted by Gasteiger charge is -2.17. The van der Waals surface area contributed by atoms with E-state index in [1.54, 1.807) is 25.3 Å². The highest BCUT2D eigenvalue weighted by Gasteiger charge is 2.17. The molecule has 0 radical (unpaired) electrons. The Hall–Kier alpha value is -3.35. The fourth-order valence-corrected chi connectivity index (χ4v) is 2.76. The summed E-state index contributed by atoms with van der Waals surface area (Å²) in [5.41, 5.74) is 2.82. The molecule has 3 rings (SSSR count). The molecule has 1 aliphatic heterocycles. The summed E-state index contributed by atoms with van der Waals surface area (Å²) in [5, 5.41) is 5.45. The van der Waals surface area contributed by atoms with E-state index in [1.165, 1.54) is 0 Å². The molecule has 2 aromatic carbocycles. The Morgan fingerprint density at radius 1 is 1.15 bits per heavy atom. The van der Waals surface area contributed by atoms with E-state index < -0.39 is 11.9 Å². The number of rotatable bonds is 6. The molecule has 0 fully saturated rings. The molecule has 1 heterocycles. The van der Waals surface area contributed by atoms with Crippen LogP contribution in [0.25, 0.3) is 0 Å². The van der Waals surface area contributed by atoms with E-state index in [2.05, 4.69) is 10.6 Å². The number of nitrogens with one attached hydrogen (secondary N) is 2. The number of anilines is 1. The molecule has 1 aliphatic rings. The Labute approximate surface area is 156 Å². The number of hydrogen-bond donors (Lipinski definition) is 2. The Balaban J connectivity index is 1.50. The van der Waals surface area contributed by atoms with Gasteiger partial charge in [0.25, 0.3) is 5.91 Å². The van der Waals surface area contributed by atoms with Crippen LogP contribution in [0.4, 0.5) is 5.69 Å². The second kappa shape index (κ2) is 8.35. The minimum atomic E-state index is -0.578. The van der Waals surface area contributed by atoms with Gasteiger partial charge in [-0.1, -0.05) is 12.1 Å².